The van der Waals surface area contributed by atoms with Gasteiger partial charge in [-0.25, -0.2) is 9.78 Å². The van der Waals surface area contributed by atoms with Crippen molar-refractivity contribution < 1.29 is 9.90 Å². The first kappa shape index (κ1) is 13.6. The number of hydrogen-bond donors (Lipinski definition) is 3. The highest BCUT2D eigenvalue weighted by atomic mass is 16.4. The lowest BCUT2D eigenvalue weighted by molar-refractivity contribution is 0.0696. The molecule has 19 heavy (non-hydrogen) atoms. The topological polar surface area (TPSA) is 88.2 Å². The summed E-state index contributed by atoms with van der Waals surface area (Å²) in [7, 11) is 0. The molecular formula is C14H21N3O2. The third kappa shape index (κ3) is 3.36. The van der Waals surface area contributed by atoms with Crippen LogP contribution in [0.2, 0.25) is 0 Å². The molecule has 0 amide bonds. The molecule has 4 N–H and O–H groups in total. The Balaban J connectivity index is 1.97. The van der Waals surface area contributed by atoms with Gasteiger partial charge in [0.1, 0.15) is 5.82 Å². The molecule has 0 radical (unpaired) electrons. The number of hydrogen-bond acceptors (Lipinski definition) is 4. The van der Waals surface area contributed by atoms with Gasteiger partial charge in [0.15, 0.2) is 0 Å². The molecule has 2 atom stereocenters. The van der Waals surface area contributed by atoms with Crippen molar-refractivity contribution in [2.24, 2.45) is 11.8 Å². The molecule has 1 heterocycles. The quantitative estimate of drug-likeness (QED) is 0.777. The highest BCUT2D eigenvalue weighted by Gasteiger charge is 2.21. The second-order valence-electron chi connectivity index (χ2n) is 5.37. The third-order valence-electron chi connectivity index (χ3n) is 3.98. The Morgan fingerprint density at radius 3 is 2.89 bits per heavy atom. The van der Waals surface area contributed by atoms with Crippen molar-refractivity contribution >= 4 is 17.5 Å². The van der Waals surface area contributed by atoms with Gasteiger partial charge in [0.2, 0.25) is 0 Å². The number of pyridine rings is 1. The average Bonchev–Trinajstić information content (AvgIpc) is 2.39. The molecule has 2 unspecified atom stereocenters. The Kier molecular flexibility index (Phi) is 4.24. The first-order chi connectivity index (χ1) is 9.08. The summed E-state index contributed by atoms with van der Waals surface area (Å²) in [5.41, 5.74) is 6.33. The van der Waals surface area contributed by atoms with Crippen LogP contribution in [0.4, 0.5) is 11.5 Å². The highest BCUT2D eigenvalue weighted by Crippen LogP contribution is 2.30. The number of aromatic carboxylic acids is 1. The maximum atomic E-state index is 10.8. The van der Waals surface area contributed by atoms with Crippen LogP contribution in [0.25, 0.3) is 0 Å². The van der Waals surface area contributed by atoms with E-state index in [4.69, 9.17) is 10.8 Å². The molecule has 2 rings (SSSR count). The van der Waals surface area contributed by atoms with Gasteiger partial charge in [0.05, 0.1) is 11.3 Å². The fourth-order valence-electron chi connectivity index (χ4n) is 2.67. The van der Waals surface area contributed by atoms with Gasteiger partial charge in [-0.1, -0.05) is 26.2 Å². The van der Waals surface area contributed by atoms with Gasteiger partial charge in [-0.15, -0.1) is 0 Å². The predicted molar refractivity (Wildman–Crippen MR) is 75.2 cm³/mol. The molecule has 1 aliphatic rings. The van der Waals surface area contributed by atoms with Crippen LogP contribution < -0.4 is 11.1 Å². The second-order valence-corrected chi connectivity index (χ2v) is 5.37. The number of nitrogen functional groups attached to an aromatic ring is 1. The third-order valence-corrected chi connectivity index (χ3v) is 3.98. The summed E-state index contributed by atoms with van der Waals surface area (Å²) in [6.07, 6.45) is 6.47. The molecule has 1 fully saturated rings. The van der Waals surface area contributed by atoms with Gasteiger partial charge in [-0.3, -0.25) is 0 Å². The molecule has 5 nitrogen and oxygen atoms in total. The van der Waals surface area contributed by atoms with Crippen LogP contribution in [0.3, 0.4) is 0 Å². The Hall–Kier alpha value is -1.78. The normalized spacial score (nSPS) is 23.0. The fraction of sp³-hybridized carbons (Fsp3) is 0.571. The van der Waals surface area contributed by atoms with E-state index in [2.05, 4.69) is 17.2 Å². The molecule has 1 aromatic heterocycles. The first-order valence-electron chi connectivity index (χ1n) is 6.80. The smallest absolute Gasteiger partial charge is 0.337 e. The van der Waals surface area contributed by atoms with Gasteiger partial charge in [-0.05, 0) is 24.3 Å². The van der Waals surface area contributed by atoms with E-state index in [0.29, 0.717) is 17.4 Å². The zero-order valence-corrected chi connectivity index (χ0v) is 11.2. The van der Waals surface area contributed by atoms with Crippen LogP contribution in [0.1, 0.15) is 43.0 Å². The summed E-state index contributed by atoms with van der Waals surface area (Å²) < 4.78 is 0. The second kappa shape index (κ2) is 5.91. The number of anilines is 2. The molecule has 0 aromatic carbocycles. The lowest BCUT2D eigenvalue weighted by Gasteiger charge is -2.29. The van der Waals surface area contributed by atoms with E-state index in [9.17, 15) is 4.79 Å². The Bertz CT molecular complexity index is 462. The highest BCUT2D eigenvalue weighted by molar-refractivity contribution is 5.89. The minimum absolute atomic E-state index is 0.120. The van der Waals surface area contributed by atoms with E-state index < -0.39 is 5.97 Å². The van der Waals surface area contributed by atoms with E-state index in [1.807, 2.05) is 0 Å². The van der Waals surface area contributed by atoms with E-state index in [0.717, 1.165) is 12.5 Å². The summed E-state index contributed by atoms with van der Waals surface area (Å²) in [4.78, 5) is 14.9. The number of carbonyl (C=O) groups is 1. The number of nitrogens with one attached hydrogen (secondary N) is 1. The Morgan fingerprint density at radius 2 is 2.26 bits per heavy atom. The minimum Gasteiger partial charge on any atom is -0.478 e. The average molecular weight is 263 g/mol. The lowest BCUT2D eigenvalue weighted by Crippen LogP contribution is -2.25. The standard InChI is InChI=1S/C14H21N3O2/c1-9-4-2-3-5-10(9)7-16-13-12(15)6-11(8-17-13)14(18)19/h6,8-10H,2-5,7,15H2,1H3,(H,16,17)(H,18,19). The summed E-state index contributed by atoms with van der Waals surface area (Å²) in [5, 5.41) is 12.1. The minimum atomic E-state index is -1.01. The number of aromatic nitrogens is 1. The molecule has 0 spiro atoms. The van der Waals surface area contributed by atoms with Crippen LogP contribution in [0, 0.1) is 11.8 Å². The van der Waals surface area contributed by atoms with E-state index in [1.165, 1.54) is 37.9 Å². The Morgan fingerprint density at radius 1 is 1.53 bits per heavy atom. The summed E-state index contributed by atoms with van der Waals surface area (Å²) in [6.45, 7) is 3.14. The molecule has 104 valence electrons. The van der Waals surface area contributed by atoms with E-state index >= 15 is 0 Å². The molecule has 1 aromatic rings. The summed E-state index contributed by atoms with van der Waals surface area (Å²) >= 11 is 0. The zero-order chi connectivity index (χ0) is 13.8. The summed E-state index contributed by atoms with van der Waals surface area (Å²) in [6, 6.07) is 1.45. The van der Waals surface area contributed by atoms with Crippen molar-refractivity contribution in [2.75, 3.05) is 17.6 Å². The van der Waals surface area contributed by atoms with Crippen LogP contribution in [-0.4, -0.2) is 22.6 Å². The van der Waals surface area contributed by atoms with Crippen molar-refractivity contribution in [3.63, 3.8) is 0 Å². The molecule has 0 bridgehead atoms. The molecular weight excluding hydrogens is 242 g/mol. The Labute approximate surface area is 113 Å². The van der Waals surface area contributed by atoms with Crippen LogP contribution in [0.5, 0.6) is 0 Å². The first-order valence-corrected chi connectivity index (χ1v) is 6.80. The number of nitrogens with two attached hydrogens (primary N) is 1. The van der Waals surface area contributed by atoms with Crippen molar-refractivity contribution in [1.29, 1.82) is 0 Å². The van der Waals surface area contributed by atoms with Gasteiger partial charge in [-0.2, -0.15) is 0 Å². The van der Waals surface area contributed by atoms with Crippen molar-refractivity contribution in [2.45, 2.75) is 32.6 Å². The molecule has 1 saturated carbocycles. The number of carboxylic acid groups (broad SMARTS) is 1. The van der Waals surface area contributed by atoms with Gasteiger partial charge in [0.25, 0.3) is 0 Å². The van der Waals surface area contributed by atoms with Crippen LogP contribution >= 0.6 is 0 Å². The maximum absolute atomic E-state index is 10.8. The monoisotopic (exact) mass is 263 g/mol. The fourth-order valence-corrected chi connectivity index (χ4v) is 2.67. The number of carboxylic acids is 1. The maximum Gasteiger partial charge on any atom is 0.337 e. The van der Waals surface area contributed by atoms with Crippen LogP contribution in [0.15, 0.2) is 12.3 Å². The summed E-state index contributed by atoms with van der Waals surface area (Å²) in [5.74, 6) is 0.948. The van der Waals surface area contributed by atoms with Crippen molar-refractivity contribution in [3.8, 4) is 0 Å². The van der Waals surface area contributed by atoms with Gasteiger partial charge >= 0.3 is 5.97 Å². The molecule has 5 heteroatoms. The predicted octanol–water partition coefficient (Wildman–Crippen LogP) is 2.60. The van der Waals surface area contributed by atoms with E-state index in [1.54, 1.807) is 0 Å². The molecule has 0 saturated heterocycles. The van der Waals surface area contributed by atoms with Gasteiger partial charge in [0, 0.05) is 12.7 Å². The zero-order valence-electron chi connectivity index (χ0n) is 11.2. The van der Waals surface area contributed by atoms with E-state index in [-0.39, 0.29) is 5.56 Å². The molecule has 1 aliphatic carbocycles. The van der Waals surface area contributed by atoms with Crippen LogP contribution in [-0.2, 0) is 0 Å². The SMILES string of the molecule is CC1CCCCC1CNc1ncc(C(=O)O)cc1N. The van der Waals surface area contributed by atoms with Crippen molar-refractivity contribution in [3.05, 3.63) is 17.8 Å². The number of rotatable bonds is 4. The largest absolute Gasteiger partial charge is 0.478 e. The van der Waals surface area contributed by atoms with Crippen molar-refractivity contribution in [1.82, 2.24) is 4.98 Å². The molecule has 0 aliphatic heterocycles. The number of nitrogens with zero attached hydrogens (tertiary/aromatic N) is 1. The lowest BCUT2D eigenvalue weighted by atomic mass is 9.80. The van der Waals surface area contributed by atoms with Gasteiger partial charge < -0.3 is 16.2 Å².